The van der Waals surface area contributed by atoms with Gasteiger partial charge < -0.3 is 4.74 Å². The number of nitrogens with two attached hydrogens (primary N) is 1. The fourth-order valence-electron chi connectivity index (χ4n) is 1.55. The van der Waals surface area contributed by atoms with Gasteiger partial charge in [0.2, 0.25) is 0 Å². The van der Waals surface area contributed by atoms with Crippen molar-refractivity contribution in [1.82, 2.24) is 10.4 Å². The summed E-state index contributed by atoms with van der Waals surface area (Å²) in [6.07, 6.45) is 0.913. The van der Waals surface area contributed by atoms with Crippen LogP contribution in [0.25, 0.3) is 0 Å². The van der Waals surface area contributed by atoms with Crippen LogP contribution in [-0.2, 0) is 11.2 Å². The first kappa shape index (κ1) is 13.6. The summed E-state index contributed by atoms with van der Waals surface area (Å²) in [5.41, 5.74) is 3.92. The van der Waals surface area contributed by atoms with Crippen molar-refractivity contribution < 1.29 is 4.74 Å². The van der Waals surface area contributed by atoms with Crippen LogP contribution < -0.4 is 11.3 Å². The third kappa shape index (κ3) is 3.52. The molecule has 2 unspecified atom stereocenters. The molecule has 1 aromatic heterocycles. The minimum Gasteiger partial charge on any atom is -0.377 e. The van der Waals surface area contributed by atoms with E-state index in [2.05, 4.69) is 17.3 Å². The first-order chi connectivity index (χ1) is 7.58. The maximum atomic E-state index is 5.54. The maximum Gasteiger partial charge on any atom is 0.0947 e. The number of nitrogens with one attached hydrogen (secondary N) is 1. The average molecular weight is 243 g/mol. The topological polar surface area (TPSA) is 60.2 Å². The third-order valence-corrected chi connectivity index (χ3v) is 3.77. The van der Waals surface area contributed by atoms with Crippen LogP contribution in [0.15, 0.2) is 0 Å². The Morgan fingerprint density at radius 3 is 2.62 bits per heavy atom. The van der Waals surface area contributed by atoms with Crippen LogP contribution in [0.4, 0.5) is 0 Å². The van der Waals surface area contributed by atoms with Gasteiger partial charge in [0.25, 0.3) is 0 Å². The van der Waals surface area contributed by atoms with E-state index < -0.39 is 0 Å². The monoisotopic (exact) mass is 243 g/mol. The van der Waals surface area contributed by atoms with Crippen LogP contribution in [0.3, 0.4) is 0 Å². The molecular weight excluding hydrogens is 222 g/mol. The molecule has 0 aromatic carbocycles. The molecule has 1 heterocycles. The Morgan fingerprint density at radius 1 is 1.50 bits per heavy atom. The van der Waals surface area contributed by atoms with Gasteiger partial charge in [0.05, 0.1) is 22.8 Å². The maximum absolute atomic E-state index is 5.54. The lowest BCUT2D eigenvalue weighted by atomic mass is 10.1. The predicted octanol–water partition coefficient (Wildman–Crippen LogP) is 1.56. The number of thiazole rings is 1. The summed E-state index contributed by atoms with van der Waals surface area (Å²) < 4.78 is 5.54. The van der Waals surface area contributed by atoms with Crippen molar-refractivity contribution in [3.63, 3.8) is 0 Å². The van der Waals surface area contributed by atoms with E-state index in [0.717, 1.165) is 17.1 Å². The van der Waals surface area contributed by atoms with Crippen LogP contribution in [0, 0.1) is 13.8 Å². The lowest BCUT2D eigenvalue weighted by Gasteiger charge is -2.22. The minimum atomic E-state index is 0.0968. The molecular formula is C11H21N3OS. The van der Waals surface area contributed by atoms with Crippen LogP contribution >= 0.6 is 11.3 Å². The molecule has 0 amide bonds. The van der Waals surface area contributed by atoms with Gasteiger partial charge in [-0.15, -0.1) is 11.3 Å². The first-order valence-corrected chi connectivity index (χ1v) is 6.40. The minimum absolute atomic E-state index is 0.0968. The van der Waals surface area contributed by atoms with E-state index in [4.69, 9.17) is 10.6 Å². The summed E-state index contributed by atoms with van der Waals surface area (Å²) in [5, 5.41) is 1.12. The highest BCUT2D eigenvalue weighted by Gasteiger charge is 2.18. The third-order valence-electron chi connectivity index (χ3n) is 2.68. The van der Waals surface area contributed by atoms with Crippen molar-refractivity contribution in [2.24, 2.45) is 5.84 Å². The molecule has 2 atom stereocenters. The van der Waals surface area contributed by atoms with Crippen molar-refractivity contribution in [3.05, 3.63) is 15.6 Å². The van der Waals surface area contributed by atoms with Crippen molar-refractivity contribution in [2.75, 3.05) is 6.61 Å². The number of nitrogens with zero attached hydrogens (tertiary/aromatic N) is 1. The summed E-state index contributed by atoms with van der Waals surface area (Å²) in [5.74, 6) is 5.54. The lowest BCUT2D eigenvalue weighted by Crippen LogP contribution is -2.45. The van der Waals surface area contributed by atoms with E-state index in [0.29, 0.717) is 6.61 Å². The molecule has 92 valence electrons. The Bertz CT molecular complexity index is 308. The Kier molecular flexibility index (Phi) is 5.34. The van der Waals surface area contributed by atoms with Gasteiger partial charge in [-0.1, -0.05) is 0 Å². The van der Waals surface area contributed by atoms with Gasteiger partial charge in [0.15, 0.2) is 0 Å². The Labute approximate surface area is 101 Å². The van der Waals surface area contributed by atoms with Gasteiger partial charge in [-0.3, -0.25) is 11.3 Å². The second-order valence-corrected chi connectivity index (χ2v) is 5.17. The van der Waals surface area contributed by atoms with Crippen LogP contribution in [0.5, 0.6) is 0 Å². The number of rotatable bonds is 6. The molecule has 0 aliphatic rings. The zero-order valence-electron chi connectivity index (χ0n) is 10.4. The van der Waals surface area contributed by atoms with Crippen molar-refractivity contribution in [3.8, 4) is 0 Å². The van der Waals surface area contributed by atoms with E-state index in [9.17, 15) is 0 Å². The molecule has 4 nitrogen and oxygen atoms in total. The summed E-state index contributed by atoms with van der Waals surface area (Å²) in [7, 11) is 0. The molecule has 0 aliphatic carbocycles. The van der Waals surface area contributed by atoms with E-state index in [1.807, 2.05) is 20.8 Å². The quantitative estimate of drug-likeness (QED) is 0.588. The highest BCUT2D eigenvalue weighted by atomic mass is 32.1. The average Bonchev–Trinajstić information content (AvgIpc) is 2.55. The number of aromatic nitrogens is 1. The highest BCUT2D eigenvalue weighted by Crippen LogP contribution is 2.18. The van der Waals surface area contributed by atoms with E-state index in [1.165, 1.54) is 4.88 Å². The van der Waals surface area contributed by atoms with Gasteiger partial charge in [-0.25, -0.2) is 4.98 Å². The normalized spacial score (nSPS) is 15.1. The summed E-state index contributed by atoms with van der Waals surface area (Å²) in [4.78, 5) is 5.78. The largest absolute Gasteiger partial charge is 0.377 e. The first-order valence-electron chi connectivity index (χ1n) is 5.59. The molecule has 0 radical (unpaired) electrons. The zero-order valence-corrected chi connectivity index (χ0v) is 11.2. The van der Waals surface area contributed by atoms with Crippen LogP contribution in [0.1, 0.15) is 29.4 Å². The van der Waals surface area contributed by atoms with Gasteiger partial charge >= 0.3 is 0 Å². The van der Waals surface area contributed by atoms with Crippen molar-refractivity contribution >= 4 is 11.3 Å². The van der Waals surface area contributed by atoms with E-state index in [-0.39, 0.29) is 12.1 Å². The smallest absolute Gasteiger partial charge is 0.0947 e. The zero-order chi connectivity index (χ0) is 12.1. The number of hydrogen-bond acceptors (Lipinski definition) is 5. The number of ether oxygens (including phenoxy) is 1. The molecule has 3 N–H and O–H groups in total. The molecule has 0 saturated heterocycles. The molecule has 1 aromatic rings. The molecule has 0 spiro atoms. The molecule has 0 aliphatic heterocycles. The van der Waals surface area contributed by atoms with Crippen LogP contribution in [0.2, 0.25) is 0 Å². The van der Waals surface area contributed by atoms with Gasteiger partial charge in [0, 0.05) is 17.9 Å². The molecule has 0 fully saturated rings. The number of hydrazine groups is 1. The second kappa shape index (κ2) is 6.30. The summed E-state index contributed by atoms with van der Waals surface area (Å²) >= 11 is 1.73. The van der Waals surface area contributed by atoms with Crippen LogP contribution in [-0.4, -0.2) is 23.7 Å². The second-order valence-electron chi connectivity index (χ2n) is 3.89. The molecule has 16 heavy (non-hydrogen) atoms. The molecule has 5 heteroatoms. The summed E-state index contributed by atoms with van der Waals surface area (Å²) in [6.45, 7) is 8.85. The molecule has 1 rings (SSSR count). The van der Waals surface area contributed by atoms with Crippen molar-refractivity contribution in [1.29, 1.82) is 0 Å². The standard InChI is InChI=1S/C11H21N3OS/c1-5-15-8(3)10(14-12)6-11-13-7(2)9(4)16-11/h8,10,14H,5-6,12H2,1-4H3. The highest BCUT2D eigenvalue weighted by molar-refractivity contribution is 7.11. The lowest BCUT2D eigenvalue weighted by molar-refractivity contribution is 0.0476. The van der Waals surface area contributed by atoms with Gasteiger partial charge in [0.1, 0.15) is 0 Å². The fraction of sp³-hybridized carbons (Fsp3) is 0.727. The predicted molar refractivity (Wildman–Crippen MR) is 67.5 cm³/mol. The van der Waals surface area contributed by atoms with Gasteiger partial charge in [-0.2, -0.15) is 0 Å². The fourth-order valence-corrected chi connectivity index (χ4v) is 2.55. The SMILES string of the molecule is CCOC(C)C(Cc1nc(C)c(C)s1)NN. The Hall–Kier alpha value is -0.490. The van der Waals surface area contributed by atoms with Crippen molar-refractivity contribution in [2.45, 2.75) is 46.3 Å². The molecule has 0 bridgehead atoms. The Morgan fingerprint density at radius 2 is 2.19 bits per heavy atom. The number of hydrogen-bond donors (Lipinski definition) is 2. The van der Waals surface area contributed by atoms with Gasteiger partial charge in [-0.05, 0) is 27.7 Å². The molecule has 0 saturated carbocycles. The number of aryl methyl sites for hydroxylation is 2. The van der Waals surface area contributed by atoms with E-state index in [1.54, 1.807) is 11.3 Å². The Balaban J connectivity index is 2.62. The van der Waals surface area contributed by atoms with E-state index >= 15 is 0 Å². The summed E-state index contributed by atoms with van der Waals surface area (Å²) in [6, 6.07) is 0.116.